The fraction of sp³-hybridized carbons (Fsp3) is 0.238. The van der Waals surface area contributed by atoms with Gasteiger partial charge in [0.2, 0.25) is 0 Å². The van der Waals surface area contributed by atoms with Gasteiger partial charge in [0, 0.05) is 11.5 Å². The van der Waals surface area contributed by atoms with Crippen molar-refractivity contribution in [2.75, 3.05) is 6.61 Å². The number of nitrogens with zero attached hydrogens (tertiary/aromatic N) is 4. The van der Waals surface area contributed by atoms with E-state index in [0.29, 0.717) is 5.56 Å². The molecule has 0 spiro atoms. The van der Waals surface area contributed by atoms with Gasteiger partial charge in [-0.05, 0) is 34.8 Å². The Bertz CT molecular complexity index is 1220. The molecule has 0 N–H and O–H groups in total. The van der Waals surface area contributed by atoms with Crippen LogP contribution in [0, 0.1) is 10.1 Å². The first-order chi connectivity index (χ1) is 16.1. The lowest BCUT2D eigenvalue weighted by atomic mass is 10.1. The van der Waals surface area contributed by atoms with E-state index in [1.165, 1.54) is 27.8 Å². The molecule has 4 rings (SSSR count). The Kier molecular flexibility index (Phi) is 6.33. The summed E-state index contributed by atoms with van der Waals surface area (Å²) in [7, 11) is 0. The number of hydrogen-bond acceptors (Lipinski definition) is 6. The number of aromatic nitrogens is 2. The fourth-order valence-electron chi connectivity index (χ4n) is 3.51. The van der Waals surface area contributed by atoms with Crippen molar-refractivity contribution >= 4 is 23.3 Å². The number of nitro groups is 1. The van der Waals surface area contributed by atoms with E-state index in [1.807, 2.05) is 0 Å². The number of fused-ring (bicyclic) bond motifs is 1. The minimum atomic E-state index is -4.82. The third kappa shape index (κ3) is 5.22. The van der Waals surface area contributed by atoms with Gasteiger partial charge in [-0.2, -0.15) is 0 Å². The van der Waals surface area contributed by atoms with E-state index in [9.17, 15) is 28.1 Å². The van der Waals surface area contributed by atoms with Crippen molar-refractivity contribution in [3.05, 3.63) is 81.0 Å². The van der Waals surface area contributed by atoms with E-state index >= 15 is 0 Å². The van der Waals surface area contributed by atoms with Crippen molar-refractivity contribution in [3.63, 3.8) is 0 Å². The molecule has 9 nitrogen and oxygen atoms in total. The van der Waals surface area contributed by atoms with E-state index in [-0.39, 0.29) is 42.1 Å². The van der Waals surface area contributed by atoms with Gasteiger partial charge in [-0.1, -0.05) is 35.9 Å². The van der Waals surface area contributed by atoms with Crippen LogP contribution in [0.4, 0.5) is 19.0 Å². The highest BCUT2D eigenvalue weighted by atomic mass is 35.5. The van der Waals surface area contributed by atoms with E-state index < -0.39 is 29.0 Å². The van der Waals surface area contributed by atoms with Gasteiger partial charge < -0.3 is 24.5 Å². The predicted octanol–water partition coefficient (Wildman–Crippen LogP) is 4.45. The maximum atomic E-state index is 13.4. The largest absolute Gasteiger partial charge is 0.573 e. The molecule has 0 bridgehead atoms. The second-order valence-corrected chi connectivity index (χ2v) is 7.77. The third-order valence-corrected chi connectivity index (χ3v) is 5.37. The monoisotopic (exact) mass is 496 g/mol. The molecule has 0 fully saturated rings. The Morgan fingerprint density at radius 1 is 1.26 bits per heavy atom. The summed E-state index contributed by atoms with van der Waals surface area (Å²) in [6, 6.07) is 11.0. The summed E-state index contributed by atoms with van der Waals surface area (Å²) in [4.78, 5) is 29.1. The lowest BCUT2D eigenvalue weighted by Crippen LogP contribution is -2.47. The number of halogens is 4. The summed E-state index contributed by atoms with van der Waals surface area (Å²) >= 11 is 6.21. The highest BCUT2D eigenvalue weighted by Gasteiger charge is 2.34. The van der Waals surface area contributed by atoms with Crippen LogP contribution in [0.3, 0.4) is 0 Å². The minimum absolute atomic E-state index is 0.000368. The maximum Gasteiger partial charge on any atom is 0.573 e. The van der Waals surface area contributed by atoms with Gasteiger partial charge in [0.1, 0.15) is 18.6 Å². The highest BCUT2D eigenvalue weighted by Crippen LogP contribution is 2.28. The lowest BCUT2D eigenvalue weighted by molar-refractivity contribution is -0.389. The topological polar surface area (TPSA) is 99.7 Å². The number of ether oxygens (including phenoxy) is 2. The summed E-state index contributed by atoms with van der Waals surface area (Å²) < 4.78 is 48.2. The molecular weight excluding hydrogens is 481 g/mol. The standard InChI is InChI=1S/C21H16ClF3N4O5/c22-17-4-2-1-3-16(17)19(30)28(9-13-5-7-15(8-6-13)34-21(23,24)25)14-10-27-11-18(29(31)32)26-20(27)33-12-14/h1-8,11,14H,9-10,12H2/t14-/m0/s1. The molecule has 3 aromatic rings. The summed E-state index contributed by atoms with van der Waals surface area (Å²) in [6.45, 7) is 0.164. The van der Waals surface area contributed by atoms with Gasteiger partial charge in [0.25, 0.3) is 5.91 Å². The van der Waals surface area contributed by atoms with Crippen molar-refractivity contribution in [1.29, 1.82) is 0 Å². The van der Waals surface area contributed by atoms with Crippen molar-refractivity contribution < 1.29 is 32.4 Å². The van der Waals surface area contributed by atoms with E-state index in [1.54, 1.807) is 24.3 Å². The van der Waals surface area contributed by atoms with Gasteiger partial charge in [-0.25, -0.2) is 0 Å². The van der Waals surface area contributed by atoms with Gasteiger partial charge in [-0.3, -0.25) is 9.36 Å². The Balaban J connectivity index is 1.61. The Morgan fingerprint density at radius 3 is 2.62 bits per heavy atom. The molecule has 2 aromatic carbocycles. The lowest BCUT2D eigenvalue weighted by Gasteiger charge is -2.34. The molecule has 2 heterocycles. The molecule has 1 aromatic heterocycles. The van der Waals surface area contributed by atoms with Crippen LogP contribution < -0.4 is 9.47 Å². The Morgan fingerprint density at radius 2 is 1.97 bits per heavy atom. The Hall–Kier alpha value is -3.80. The van der Waals surface area contributed by atoms with Gasteiger partial charge >= 0.3 is 18.2 Å². The van der Waals surface area contributed by atoms with E-state index in [4.69, 9.17) is 16.3 Å². The number of amides is 1. The van der Waals surface area contributed by atoms with Crippen LogP contribution in [-0.2, 0) is 13.1 Å². The van der Waals surface area contributed by atoms with Crippen molar-refractivity contribution in [2.45, 2.75) is 25.5 Å². The fourth-order valence-corrected chi connectivity index (χ4v) is 3.72. The smallest absolute Gasteiger partial charge is 0.444 e. The van der Waals surface area contributed by atoms with Crippen LogP contribution >= 0.6 is 11.6 Å². The quantitative estimate of drug-likeness (QED) is 0.369. The Labute approximate surface area is 195 Å². The van der Waals surface area contributed by atoms with Gasteiger partial charge in [0.05, 0.1) is 23.2 Å². The average molecular weight is 497 g/mol. The molecule has 1 aliphatic rings. The molecule has 0 unspecified atom stereocenters. The maximum absolute atomic E-state index is 13.4. The molecule has 1 aliphatic heterocycles. The first-order valence-electron chi connectivity index (χ1n) is 9.85. The molecule has 13 heteroatoms. The molecule has 1 atom stereocenters. The molecule has 178 valence electrons. The van der Waals surface area contributed by atoms with E-state index in [2.05, 4.69) is 9.72 Å². The first kappa shape index (κ1) is 23.4. The van der Waals surface area contributed by atoms with Crippen LogP contribution in [0.15, 0.2) is 54.7 Å². The number of alkyl halides is 3. The number of benzene rings is 2. The van der Waals surface area contributed by atoms with Gasteiger partial charge in [0.15, 0.2) is 0 Å². The van der Waals surface area contributed by atoms with Gasteiger partial charge in [-0.15, -0.1) is 13.2 Å². The summed E-state index contributed by atoms with van der Waals surface area (Å²) in [5.41, 5.74) is 0.751. The van der Waals surface area contributed by atoms with Crippen molar-refractivity contribution in [2.24, 2.45) is 0 Å². The number of rotatable bonds is 6. The van der Waals surface area contributed by atoms with E-state index in [0.717, 1.165) is 12.1 Å². The van der Waals surface area contributed by atoms with Crippen LogP contribution in [0.5, 0.6) is 11.8 Å². The normalized spacial score (nSPS) is 15.2. The zero-order valence-corrected chi connectivity index (χ0v) is 18.0. The second kappa shape index (κ2) is 9.21. The third-order valence-electron chi connectivity index (χ3n) is 5.04. The van der Waals surface area contributed by atoms with Crippen LogP contribution in [-0.4, -0.2) is 44.3 Å². The molecule has 0 saturated heterocycles. The number of carbonyl (C=O) groups is 1. The molecule has 0 aliphatic carbocycles. The molecule has 0 radical (unpaired) electrons. The zero-order valence-electron chi connectivity index (χ0n) is 17.2. The number of imidazole rings is 1. The van der Waals surface area contributed by atoms with Crippen LogP contribution in [0.2, 0.25) is 5.02 Å². The zero-order chi connectivity index (χ0) is 24.5. The summed E-state index contributed by atoms with van der Waals surface area (Å²) in [6.07, 6.45) is -3.61. The van der Waals surface area contributed by atoms with Crippen LogP contribution in [0.25, 0.3) is 0 Å². The number of carbonyl (C=O) groups excluding carboxylic acids is 1. The molecular formula is C21H16ClF3N4O5. The SMILES string of the molecule is O=C(c1ccccc1Cl)N(Cc1ccc(OC(F)(F)F)cc1)[C@@H]1COc2nc([N+](=O)[O-])cn2C1. The van der Waals surface area contributed by atoms with Crippen LogP contribution in [0.1, 0.15) is 15.9 Å². The summed E-state index contributed by atoms with van der Waals surface area (Å²) in [5, 5.41) is 11.3. The second-order valence-electron chi connectivity index (χ2n) is 7.36. The first-order valence-corrected chi connectivity index (χ1v) is 10.2. The van der Waals surface area contributed by atoms with Crippen molar-refractivity contribution in [1.82, 2.24) is 14.5 Å². The average Bonchev–Trinajstić information content (AvgIpc) is 3.21. The minimum Gasteiger partial charge on any atom is -0.444 e. The highest BCUT2D eigenvalue weighted by molar-refractivity contribution is 6.33. The van der Waals surface area contributed by atoms with Crippen molar-refractivity contribution in [3.8, 4) is 11.8 Å². The molecule has 0 saturated carbocycles. The summed E-state index contributed by atoms with van der Waals surface area (Å²) in [5.74, 6) is -1.22. The molecule has 1 amide bonds. The molecule has 34 heavy (non-hydrogen) atoms. The predicted molar refractivity (Wildman–Crippen MR) is 113 cm³/mol. The number of hydrogen-bond donors (Lipinski definition) is 0.